The third-order valence-electron chi connectivity index (χ3n) is 4.37. The summed E-state index contributed by atoms with van der Waals surface area (Å²) in [5.74, 6) is 0.923. The van der Waals surface area contributed by atoms with Crippen molar-refractivity contribution in [3.8, 4) is 11.5 Å². The molecule has 0 unspecified atom stereocenters. The highest BCUT2D eigenvalue weighted by molar-refractivity contribution is 5.78. The summed E-state index contributed by atoms with van der Waals surface area (Å²) in [6, 6.07) is 11.5. The van der Waals surface area contributed by atoms with Crippen LogP contribution >= 0.6 is 0 Å². The van der Waals surface area contributed by atoms with E-state index in [-0.39, 0.29) is 25.0 Å². The van der Waals surface area contributed by atoms with Crippen LogP contribution in [0.4, 0.5) is 0 Å². The number of carbonyl (C=O) groups is 2. The first-order valence-corrected chi connectivity index (χ1v) is 9.29. The molecule has 2 aromatic carbocycles. The molecule has 0 heterocycles. The third kappa shape index (κ3) is 6.61. The van der Waals surface area contributed by atoms with Crippen molar-refractivity contribution in [3.63, 3.8) is 0 Å². The Balaban J connectivity index is 1.61. The van der Waals surface area contributed by atoms with E-state index in [1.54, 1.807) is 0 Å². The van der Waals surface area contributed by atoms with Crippen molar-refractivity contribution < 1.29 is 19.1 Å². The summed E-state index contributed by atoms with van der Waals surface area (Å²) < 4.78 is 11.1. The first-order valence-electron chi connectivity index (χ1n) is 9.29. The van der Waals surface area contributed by atoms with Gasteiger partial charge in [-0.25, -0.2) is 0 Å². The molecule has 28 heavy (non-hydrogen) atoms. The number of carbonyl (C=O) groups excluding carboxylic acids is 2. The van der Waals surface area contributed by atoms with Crippen LogP contribution in [0.15, 0.2) is 36.4 Å². The molecule has 0 saturated carbocycles. The van der Waals surface area contributed by atoms with Gasteiger partial charge in [0.1, 0.15) is 11.5 Å². The summed E-state index contributed by atoms with van der Waals surface area (Å²) in [7, 11) is 0. The maximum atomic E-state index is 11.9. The highest BCUT2D eigenvalue weighted by Gasteiger charge is 2.07. The lowest BCUT2D eigenvalue weighted by Crippen LogP contribution is -2.38. The standard InChI is InChI=1S/C22H28N2O4/c1-15-8-9-19(17(3)12-15)27-13-21(25)23-10-11-24-22(26)14-28-20-7-5-6-16(2)18(20)4/h5-9,12H,10-11,13-14H2,1-4H3,(H,23,25)(H,24,26). The Hall–Kier alpha value is -3.02. The Morgan fingerprint density at radius 1 is 0.786 bits per heavy atom. The zero-order valence-electron chi connectivity index (χ0n) is 16.9. The molecule has 2 rings (SSSR count). The molecule has 6 nitrogen and oxygen atoms in total. The minimum absolute atomic E-state index is 0.0615. The molecule has 6 heteroatoms. The molecule has 0 aliphatic rings. The van der Waals surface area contributed by atoms with Crippen LogP contribution in [0.2, 0.25) is 0 Å². The number of rotatable bonds is 9. The van der Waals surface area contributed by atoms with Crippen LogP contribution in [0.3, 0.4) is 0 Å². The van der Waals surface area contributed by atoms with Gasteiger partial charge in [0.25, 0.3) is 11.8 Å². The maximum Gasteiger partial charge on any atom is 0.258 e. The monoisotopic (exact) mass is 384 g/mol. The van der Waals surface area contributed by atoms with E-state index in [4.69, 9.17) is 9.47 Å². The molecule has 0 aliphatic carbocycles. The Bertz CT molecular complexity index is 833. The van der Waals surface area contributed by atoms with Crippen molar-refractivity contribution in [2.45, 2.75) is 27.7 Å². The van der Waals surface area contributed by atoms with Crippen LogP contribution in [-0.2, 0) is 9.59 Å². The van der Waals surface area contributed by atoms with Crippen LogP contribution in [0.25, 0.3) is 0 Å². The first-order chi connectivity index (χ1) is 13.4. The van der Waals surface area contributed by atoms with Crippen molar-refractivity contribution in [2.75, 3.05) is 26.3 Å². The molecule has 0 aromatic heterocycles. The zero-order chi connectivity index (χ0) is 20.5. The Morgan fingerprint density at radius 3 is 2.00 bits per heavy atom. The average molecular weight is 384 g/mol. The maximum absolute atomic E-state index is 11.9. The third-order valence-corrected chi connectivity index (χ3v) is 4.37. The van der Waals surface area contributed by atoms with Crippen LogP contribution in [0.1, 0.15) is 22.3 Å². The van der Waals surface area contributed by atoms with Crippen molar-refractivity contribution in [1.29, 1.82) is 0 Å². The highest BCUT2D eigenvalue weighted by Crippen LogP contribution is 2.20. The molecule has 0 aliphatic heterocycles. The van der Waals surface area contributed by atoms with Gasteiger partial charge in [0.15, 0.2) is 13.2 Å². The van der Waals surface area contributed by atoms with Gasteiger partial charge in [0, 0.05) is 13.1 Å². The molecule has 0 atom stereocenters. The number of benzene rings is 2. The van der Waals surface area contributed by atoms with E-state index in [0.29, 0.717) is 24.6 Å². The molecule has 0 saturated heterocycles. The van der Waals surface area contributed by atoms with Gasteiger partial charge in [0.05, 0.1) is 0 Å². The van der Waals surface area contributed by atoms with Crippen molar-refractivity contribution in [2.24, 2.45) is 0 Å². The molecular formula is C22H28N2O4. The average Bonchev–Trinajstić information content (AvgIpc) is 2.65. The molecule has 2 N–H and O–H groups in total. The fourth-order valence-corrected chi connectivity index (χ4v) is 2.63. The SMILES string of the molecule is Cc1ccc(OCC(=O)NCCNC(=O)COc2cccc(C)c2C)c(C)c1. The smallest absolute Gasteiger partial charge is 0.258 e. The number of ether oxygens (including phenoxy) is 2. The van der Waals surface area contributed by atoms with E-state index >= 15 is 0 Å². The summed E-state index contributed by atoms with van der Waals surface area (Å²) in [6.07, 6.45) is 0. The molecule has 150 valence electrons. The lowest BCUT2D eigenvalue weighted by Gasteiger charge is -2.12. The van der Waals surface area contributed by atoms with E-state index < -0.39 is 0 Å². The second-order valence-electron chi connectivity index (χ2n) is 6.74. The van der Waals surface area contributed by atoms with Crippen molar-refractivity contribution in [3.05, 3.63) is 58.7 Å². The molecular weight excluding hydrogens is 356 g/mol. The molecule has 0 radical (unpaired) electrons. The number of hydrogen-bond acceptors (Lipinski definition) is 4. The zero-order valence-corrected chi connectivity index (χ0v) is 16.9. The van der Waals surface area contributed by atoms with E-state index in [1.807, 2.05) is 64.1 Å². The molecule has 2 amide bonds. The first kappa shape index (κ1) is 21.3. The fourth-order valence-electron chi connectivity index (χ4n) is 2.63. The summed E-state index contributed by atoms with van der Waals surface area (Å²) in [5.41, 5.74) is 4.27. The Morgan fingerprint density at radius 2 is 1.39 bits per heavy atom. The predicted octanol–water partition coefficient (Wildman–Crippen LogP) is 2.61. The summed E-state index contributed by atoms with van der Waals surface area (Å²) in [4.78, 5) is 23.7. The van der Waals surface area contributed by atoms with Crippen LogP contribution in [-0.4, -0.2) is 38.1 Å². The second-order valence-corrected chi connectivity index (χ2v) is 6.74. The normalized spacial score (nSPS) is 10.3. The summed E-state index contributed by atoms with van der Waals surface area (Å²) in [5, 5.41) is 5.42. The van der Waals surface area contributed by atoms with E-state index in [9.17, 15) is 9.59 Å². The van der Waals surface area contributed by atoms with Crippen molar-refractivity contribution >= 4 is 11.8 Å². The predicted molar refractivity (Wildman–Crippen MR) is 109 cm³/mol. The minimum Gasteiger partial charge on any atom is -0.484 e. The van der Waals surface area contributed by atoms with Gasteiger partial charge in [-0.2, -0.15) is 0 Å². The van der Waals surface area contributed by atoms with Gasteiger partial charge in [-0.3, -0.25) is 9.59 Å². The highest BCUT2D eigenvalue weighted by atomic mass is 16.5. The summed E-state index contributed by atoms with van der Waals surface area (Å²) >= 11 is 0. The minimum atomic E-state index is -0.235. The van der Waals surface area contributed by atoms with Gasteiger partial charge >= 0.3 is 0 Å². The van der Waals surface area contributed by atoms with E-state index in [1.165, 1.54) is 0 Å². The van der Waals surface area contributed by atoms with Crippen LogP contribution in [0.5, 0.6) is 11.5 Å². The van der Waals surface area contributed by atoms with Crippen molar-refractivity contribution in [1.82, 2.24) is 10.6 Å². The lowest BCUT2D eigenvalue weighted by atomic mass is 10.1. The Labute approximate surface area is 166 Å². The molecule has 0 bridgehead atoms. The molecule has 0 spiro atoms. The topological polar surface area (TPSA) is 76.7 Å². The van der Waals surface area contributed by atoms with Gasteiger partial charge in [-0.15, -0.1) is 0 Å². The summed E-state index contributed by atoms with van der Waals surface area (Å²) in [6.45, 7) is 8.42. The Kier molecular flexibility index (Phi) is 7.87. The second kappa shape index (κ2) is 10.3. The van der Waals surface area contributed by atoms with Crippen LogP contribution in [0, 0.1) is 27.7 Å². The molecule has 2 aromatic rings. The number of amides is 2. The van der Waals surface area contributed by atoms with Gasteiger partial charge in [0.2, 0.25) is 0 Å². The van der Waals surface area contributed by atoms with Gasteiger partial charge in [-0.05, 0) is 56.5 Å². The molecule has 0 fully saturated rings. The van der Waals surface area contributed by atoms with E-state index in [0.717, 1.165) is 22.3 Å². The number of aryl methyl sites for hydroxylation is 3. The van der Waals surface area contributed by atoms with Gasteiger partial charge < -0.3 is 20.1 Å². The lowest BCUT2D eigenvalue weighted by molar-refractivity contribution is -0.124. The largest absolute Gasteiger partial charge is 0.484 e. The van der Waals surface area contributed by atoms with Gasteiger partial charge in [-0.1, -0.05) is 29.8 Å². The quantitative estimate of drug-likeness (QED) is 0.652. The fraction of sp³-hybridized carbons (Fsp3) is 0.364. The van der Waals surface area contributed by atoms with E-state index in [2.05, 4.69) is 10.6 Å². The number of nitrogens with one attached hydrogen (secondary N) is 2. The number of hydrogen-bond donors (Lipinski definition) is 2. The van der Waals surface area contributed by atoms with Crippen LogP contribution < -0.4 is 20.1 Å².